The molecule has 5 nitrogen and oxygen atoms in total. The topological polar surface area (TPSA) is 59.8 Å². The van der Waals surface area contributed by atoms with Crippen LogP contribution in [0.15, 0.2) is 54.6 Å². The summed E-state index contributed by atoms with van der Waals surface area (Å²) in [6.07, 6.45) is 0. The third kappa shape index (κ3) is 3.16. The van der Waals surface area contributed by atoms with E-state index in [0.29, 0.717) is 5.56 Å². The van der Waals surface area contributed by atoms with Crippen LogP contribution in [0.5, 0.6) is 0 Å². The standard InChI is InChI=1S/C23H22N4O/c1-14-10-11-21-19(12-14)20(13-15(2)24-21)23(28)25-22-16(3)26-27(17(22)4)18-8-6-5-7-9-18/h5-13H,1-4H3,(H,25,28). The Kier molecular flexibility index (Phi) is 4.43. The number of nitrogens with zero attached hydrogens (tertiary/aromatic N) is 3. The Morgan fingerprint density at radius 3 is 2.46 bits per heavy atom. The first-order valence-electron chi connectivity index (χ1n) is 9.25. The van der Waals surface area contributed by atoms with Crippen LogP contribution in [0.4, 0.5) is 5.69 Å². The summed E-state index contributed by atoms with van der Waals surface area (Å²) in [4.78, 5) is 17.7. The van der Waals surface area contributed by atoms with E-state index in [-0.39, 0.29) is 5.91 Å². The van der Waals surface area contributed by atoms with Gasteiger partial charge in [0.1, 0.15) is 0 Å². The predicted octanol–water partition coefficient (Wildman–Crippen LogP) is 4.91. The van der Waals surface area contributed by atoms with E-state index in [1.807, 2.05) is 87.0 Å². The number of aromatic nitrogens is 3. The Bertz CT molecular complexity index is 1190. The molecule has 1 amide bonds. The molecule has 0 saturated heterocycles. The van der Waals surface area contributed by atoms with Gasteiger partial charge < -0.3 is 5.32 Å². The normalized spacial score (nSPS) is 11.0. The lowest BCUT2D eigenvalue weighted by atomic mass is 10.0. The maximum Gasteiger partial charge on any atom is 0.256 e. The Hall–Kier alpha value is -3.47. The van der Waals surface area contributed by atoms with Crippen LogP contribution >= 0.6 is 0 Å². The van der Waals surface area contributed by atoms with Crippen molar-refractivity contribution in [1.29, 1.82) is 0 Å². The summed E-state index contributed by atoms with van der Waals surface area (Å²) < 4.78 is 1.85. The minimum absolute atomic E-state index is 0.153. The zero-order chi connectivity index (χ0) is 19.8. The fraction of sp³-hybridized carbons (Fsp3) is 0.174. The first-order valence-corrected chi connectivity index (χ1v) is 9.25. The lowest BCUT2D eigenvalue weighted by Gasteiger charge is -2.10. The molecule has 4 rings (SSSR count). The number of anilines is 1. The molecule has 0 aliphatic carbocycles. The summed E-state index contributed by atoms with van der Waals surface area (Å²) in [5.41, 5.74) is 6.73. The lowest BCUT2D eigenvalue weighted by Crippen LogP contribution is -2.14. The number of amides is 1. The summed E-state index contributed by atoms with van der Waals surface area (Å²) in [7, 11) is 0. The Morgan fingerprint density at radius 2 is 1.71 bits per heavy atom. The number of fused-ring (bicyclic) bond motifs is 1. The third-order valence-electron chi connectivity index (χ3n) is 4.87. The second-order valence-corrected chi connectivity index (χ2v) is 7.08. The van der Waals surface area contributed by atoms with Gasteiger partial charge in [0.05, 0.1) is 33.8 Å². The van der Waals surface area contributed by atoms with Crippen LogP contribution in [0.3, 0.4) is 0 Å². The van der Waals surface area contributed by atoms with Crippen LogP contribution in [-0.4, -0.2) is 20.7 Å². The first kappa shape index (κ1) is 17.9. The zero-order valence-electron chi connectivity index (χ0n) is 16.4. The third-order valence-corrected chi connectivity index (χ3v) is 4.87. The Labute approximate surface area is 164 Å². The fourth-order valence-electron chi connectivity index (χ4n) is 3.48. The predicted molar refractivity (Wildman–Crippen MR) is 112 cm³/mol. The summed E-state index contributed by atoms with van der Waals surface area (Å²) in [6, 6.07) is 17.7. The summed E-state index contributed by atoms with van der Waals surface area (Å²) in [5, 5.41) is 8.54. The van der Waals surface area contributed by atoms with Crippen LogP contribution < -0.4 is 5.32 Å². The average Bonchev–Trinajstić information content (AvgIpc) is 2.96. The molecule has 28 heavy (non-hydrogen) atoms. The van der Waals surface area contributed by atoms with Gasteiger partial charge in [-0.1, -0.05) is 29.8 Å². The number of benzene rings is 2. The molecular formula is C23H22N4O. The van der Waals surface area contributed by atoms with Gasteiger partial charge in [0, 0.05) is 11.1 Å². The maximum atomic E-state index is 13.2. The molecule has 0 spiro atoms. The van der Waals surface area contributed by atoms with Crippen LogP contribution in [0.2, 0.25) is 0 Å². The molecule has 0 atom stereocenters. The van der Waals surface area contributed by atoms with Crippen LogP contribution in [-0.2, 0) is 0 Å². The number of hydrogen-bond acceptors (Lipinski definition) is 3. The molecule has 0 saturated carbocycles. The Balaban J connectivity index is 1.75. The molecule has 1 N–H and O–H groups in total. The van der Waals surface area contributed by atoms with E-state index in [1.165, 1.54) is 0 Å². The minimum atomic E-state index is -0.153. The van der Waals surface area contributed by atoms with Crippen LogP contribution in [0.25, 0.3) is 16.6 Å². The highest BCUT2D eigenvalue weighted by Gasteiger charge is 2.18. The van der Waals surface area contributed by atoms with E-state index < -0.39 is 0 Å². The number of nitrogens with one attached hydrogen (secondary N) is 1. The van der Waals surface area contributed by atoms with Crippen molar-refractivity contribution in [3.8, 4) is 5.69 Å². The van der Waals surface area contributed by atoms with Crippen molar-refractivity contribution in [3.05, 3.63) is 82.8 Å². The SMILES string of the molecule is Cc1ccc2nc(C)cc(C(=O)Nc3c(C)nn(-c4ccccc4)c3C)c2c1. The zero-order valence-corrected chi connectivity index (χ0v) is 16.4. The van der Waals surface area contributed by atoms with E-state index in [4.69, 9.17) is 0 Å². The summed E-state index contributed by atoms with van der Waals surface area (Å²) in [5.74, 6) is -0.153. The number of pyridine rings is 1. The number of para-hydroxylation sites is 1. The molecule has 0 bridgehead atoms. The maximum absolute atomic E-state index is 13.2. The highest BCUT2D eigenvalue weighted by molar-refractivity contribution is 6.12. The van der Waals surface area contributed by atoms with Gasteiger partial charge in [0.15, 0.2) is 0 Å². The van der Waals surface area contributed by atoms with Gasteiger partial charge in [-0.3, -0.25) is 9.78 Å². The van der Waals surface area contributed by atoms with Gasteiger partial charge in [0.2, 0.25) is 0 Å². The quantitative estimate of drug-likeness (QED) is 0.558. The number of carbonyl (C=O) groups excluding carboxylic acids is 1. The van der Waals surface area contributed by atoms with Gasteiger partial charge in [-0.25, -0.2) is 4.68 Å². The van der Waals surface area contributed by atoms with Crippen molar-refractivity contribution in [2.24, 2.45) is 0 Å². The second-order valence-electron chi connectivity index (χ2n) is 7.08. The number of aryl methyl sites for hydroxylation is 3. The largest absolute Gasteiger partial charge is 0.319 e. The Morgan fingerprint density at radius 1 is 0.964 bits per heavy atom. The van der Waals surface area contributed by atoms with Crippen LogP contribution in [0.1, 0.15) is 33.0 Å². The first-order chi connectivity index (χ1) is 13.4. The molecule has 0 fully saturated rings. The lowest BCUT2D eigenvalue weighted by molar-refractivity contribution is 0.102. The molecule has 0 aliphatic heterocycles. The fourth-order valence-corrected chi connectivity index (χ4v) is 3.48. The molecule has 0 unspecified atom stereocenters. The van der Waals surface area contributed by atoms with E-state index in [1.54, 1.807) is 0 Å². The van der Waals surface area contributed by atoms with Crippen molar-refractivity contribution in [2.75, 3.05) is 5.32 Å². The van der Waals surface area contributed by atoms with Gasteiger partial charge in [-0.05, 0) is 58.0 Å². The van der Waals surface area contributed by atoms with Crippen molar-refractivity contribution >= 4 is 22.5 Å². The summed E-state index contributed by atoms with van der Waals surface area (Å²) >= 11 is 0. The second kappa shape index (κ2) is 6.93. The molecule has 4 aromatic rings. The highest BCUT2D eigenvalue weighted by Crippen LogP contribution is 2.25. The number of carbonyl (C=O) groups is 1. The molecule has 0 aliphatic rings. The average molecular weight is 370 g/mol. The van der Waals surface area contributed by atoms with E-state index in [2.05, 4.69) is 15.4 Å². The molecule has 140 valence electrons. The number of hydrogen-bond donors (Lipinski definition) is 1. The van der Waals surface area contributed by atoms with Crippen molar-refractivity contribution in [2.45, 2.75) is 27.7 Å². The molecule has 2 aromatic carbocycles. The van der Waals surface area contributed by atoms with Gasteiger partial charge in [-0.15, -0.1) is 0 Å². The molecular weight excluding hydrogens is 348 g/mol. The summed E-state index contributed by atoms with van der Waals surface area (Å²) in [6.45, 7) is 7.78. The molecule has 5 heteroatoms. The van der Waals surface area contributed by atoms with E-state index in [9.17, 15) is 4.79 Å². The minimum Gasteiger partial charge on any atom is -0.319 e. The van der Waals surface area contributed by atoms with Gasteiger partial charge >= 0.3 is 0 Å². The molecule has 2 aromatic heterocycles. The number of rotatable bonds is 3. The molecule has 0 radical (unpaired) electrons. The highest BCUT2D eigenvalue weighted by atomic mass is 16.1. The van der Waals surface area contributed by atoms with Crippen LogP contribution in [0, 0.1) is 27.7 Å². The van der Waals surface area contributed by atoms with Crippen molar-refractivity contribution < 1.29 is 4.79 Å². The van der Waals surface area contributed by atoms with Gasteiger partial charge in [-0.2, -0.15) is 5.10 Å². The monoisotopic (exact) mass is 370 g/mol. The van der Waals surface area contributed by atoms with E-state index >= 15 is 0 Å². The van der Waals surface area contributed by atoms with Gasteiger partial charge in [0.25, 0.3) is 5.91 Å². The molecule has 2 heterocycles. The smallest absolute Gasteiger partial charge is 0.256 e. The van der Waals surface area contributed by atoms with Crippen molar-refractivity contribution in [3.63, 3.8) is 0 Å². The van der Waals surface area contributed by atoms with Crippen molar-refractivity contribution in [1.82, 2.24) is 14.8 Å². The van der Waals surface area contributed by atoms with E-state index in [0.717, 1.165) is 44.9 Å².